The van der Waals surface area contributed by atoms with Gasteiger partial charge < -0.3 is 21.1 Å². The van der Waals surface area contributed by atoms with Crippen LogP contribution in [0.2, 0.25) is 0 Å². The van der Waals surface area contributed by atoms with Crippen molar-refractivity contribution in [3.05, 3.63) is 35.4 Å². The second-order valence-corrected chi connectivity index (χ2v) is 3.61. The number of benzene rings is 1. The lowest BCUT2D eigenvalue weighted by atomic mass is 10.0. The molecule has 0 fully saturated rings. The summed E-state index contributed by atoms with van der Waals surface area (Å²) >= 11 is 0. The van der Waals surface area contributed by atoms with Crippen molar-refractivity contribution >= 4 is 11.9 Å². The van der Waals surface area contributed by atoms with Crippen molar-refractivity contribution in [2.75, 3.05) is 0 Å². The molecule has 0 aliphatic rings. The average Bonchev–Trinajstić information content (AvgIpc) is 2.26. The van der Waals surface area contributed by atoms with Crippen LogP contribution in [0, 0.1) is 0 Å². The van der Waals surface area contributed by atoms with Gasteiger partial charge in [0.05, 0.1) is 6.42 Å². The van der Waals surface area contributed by atoms with Crippen LogP contribution in [0.25, 0.3) is 0 Å². The number of aliphatic hydroxyl groups excluding tert-OH is 2. The van der Waals surface area contributed by atoms with E-state index in [1.165, 1.54) is 18.2 Å². The number of amides is 1. The van der Waals surface area contributed by atoms with Crippen molar-refractivity contribution in [2.45, 2.75) is 18.6 Å². The fourth-order valence-electron chi connectivity index (χ4n) is 1.40. The maximum absolute atomic E-state index is 10.7. The van der Waals surface area contributed by atoms with Crippen molar-refractivity contribution in [1.29, 1.82) is 0 Å². The van der Waals surface area contributed by atoms with Crippen LogP contribution in [0.15, 0.2) is 24.3 Å². The van der Waals surface area contributed by atoms with Crippen molar-refractivity contribution in [3.63, 3.8) is 0 Å². The summed E-state index contributed by atoms with van der Waals surface area (Å²) in [7, 11) is 0. The van der Waals surface area contributed by atoms with Crippen LogP contribution < -0.4 is 5.73 Å². The number of primary amides is 1. The van der Waals surface area contributed by atoms with Crippen LogP contribution in [0.5, 0.6) is 0 Å². The summed E-state index contributed by atoms with van der Waals surface area (Å²) in [5, 5.41) is 27.5. The Morgan fingerprint density at radius 3 is 2.47 bits per heavy atom. The second kappa shape index (κ2) is 5.42. The fraction of sp³-hybridized carbons (Fsp3) is 0.273. The Hall–Kier alpha value is -1.92. The normalized spacial score (nSPS) is 14.0. The van der Waals surface area contributed by atoms with Crippen LogP contribution >= 0.6 is 0 Å². The van der Waals surface area contributed by atoms with Crippen LogP contribution in [-0.2, 0) is 16.0 Å². The van der Waals surface area contributed by atoms with Gasteiger partial charge in [-0.1, -0.05) is 24.3 Å². The van der Waals surface area contributed by atoms with E-state index in [2.05, 4.69) is 0 Å². The molecule has 0 heterocycles. The Morgan fingerprint density at radius 1 is 1.29 bits per heavy atom. The third-order valence-electron chi connectivity index (χ3n) is 2.24. The van der Waals surface area contributed by atoms with Gasteiger partial charge in [0.1, 0.15) is 6.10 Å². The predicted octanol–water partition coefficient (Wildman–Crippen LogP) is -0.807. The smallest absolute Gasteiger partial charge is 0.307 e. The minimum Gasteiger partial charge on any atom is -0.481 e. The Balaban J connectivity index is 2.91. The summed E-state index contributed by atoms with van der Waals surface area (Å²) in [6, 6.07) is 5.98. The SMILES string of the molecule is NC(=O)C(O)C(O)c1cccc(CC(=O)O)c1. The highest BCUT2D eigenvalue weighted by Crippen LogP contribution is 2.18. The second-order valence-electron chi connectivity index (χ2n) is 3.61. The highest BCUT2D eigenvalue weighted by molar-refractivity contribution is 5.79. The van der Waals surface area contributed by atoms with E-state index in [9.17, 15) is 19.8 Å². The van der Waals surface area contributed by atoms with Gasteiger partial charge in [-0.05, 0) is 11.1 Å². The number of aliphatic hydroxyl groups is 2. The molecule has 6 nitrogen and oxygen atoms in total. The average molecular weight is 239 g/mol. The molecule has 0 saturated heterocycles. The zero-order valence-corrected chi connectivity index (χ0v) is 8.91. The largest absolute Gasteiger partial charge is 0.481 e. The summed E-state index contributed by atoms with van der Waals surface area (Å²) in [4.78, 5) is 21.2. The first-order valence-corrected chi connectivity index (χ1v) is 4.88. The fourth-order valence-corrected chi connectivity index (χ4v) is 1.40. The first-order chi connectivity index (χ1) is 7.91. The number of rotatable bonds is 5. The highest BCUT2D eigenvalue weighted by Gasteiger charge is 2.23. The minimum atomic E-state index is -1.71. The van der Waals surface area contributed by atoms with E-state index in [0.29, 0.717) is 5.56 Å². The zero-order chi connectivity index (χ0) is 13.0. The van der Waals surface area contributed by atoms with E-state index < -0.39 is 24.1 Å². The molecule has 0 aromatic heterocycles. The molecular weight excluding hydrogens is 226 g/mol. The van der Waals surface area contributed by atoms with Gasteiger partial charge in [-0.15, -0.1) is 0 Å². The van der Waals surface area contributed by atoms with Crippen molar-refractivity contribution < 1.29 is 24.9 Å². The van der Waals surface area contributed by atoms with Gasteiger partial charge in [-0.25, -0.2) is 0 Å². The molecule has 6 heteroatoms. The Morgan fingerprint density at radius 2 is 1.94 bits per heavy atom. The number of nitrogens with two attached hydrogens (primary N) is 1. The van der Waals surface area contributed by atoms with E-state index in [1.807, 2.05) is 0 Å². The third kappa shape index (κ3) is 3.54. The maximum Gasteiger partial charge on any atom is 0.307 e. The number of carboxylic acids is 1. The monoisotopic (exact) mass is 239 g/mol. The summed E-state index contributed by atoms with van der Waals surface area (Å²) in [6.07, 6.45) is -3.37. The number of hydrogen-bond acceptors (Lipinski definition) is 4. The Labute approximate surface area is 97.3 Å². The first kappa shape index (κ1) is 13.1. The van der Waals surface area contributed by atoms with Crippen LogP contribution in [0.4, 0.5) is 0 Å². The van der Waals surface area contributed by atoms with Crippen LogP contribution in [-0.4, -0.2) is 33.3 Å². The van der Waals surface area contributed by atoms with E-state index >= 15 is 0 Å². The molecule has 1 amide bonds. The van der Waals surface area contributed by atoms with Crippen molar-refractivity contribution in [2.24, 2.45) is 5.73 Å². The van der Waals surface area contributed by atoms with Gasteiger partial charge in [-0.2, -0.15) is 0 Å². The molecule has 1 aromatic carbocycles. The van der Waals surface area contributed by atoms with E-state index in [0.717, 1.165) is 0 Å². The van der Waals surface area contributed by atoms with Gasteiger partial charge in [0.2, 0.25) is 5.91 Å². The van der Waals surface area contributed by atoms with E-state index in [-0.39, 0.29) is 12.0 Å². The molecule has 0 aliphatic carbocycles. The molecule has 2 unspecified atom stereocenters. The van der Waals surface area contributed by atoms with E-state index in [1.54, 1.807) is 6.07 Å². The predicted molar refractivity (Wildman–Crippen MR) is 57.9 cm³/mol. The molecule has 1 rings (SSSR count). The molecule has 5 N–H and O–H groups in total. The van der Waals surface area contributed by atoms with E-state index in [4.69, 9.17) is 10.8 Å². The van der Waals surface area contributed by atoms with Gasteiger partial charge in [0.25, 0.3) is 0 Å². The van der Waals surface area contributed by atoms with Crippen molar-refractivity contribution in [3.8, 4) is 0 Å². The summed E-state index contributed by atoms with van der Waals surface area (Å²) in [5.74, 6) is -2.05. The molecule has 0 saturated carbocycles. The third-order valence-corrected chi connectivity index (χ3v) is 2.24. The summed E-state index contributed by atoms with van der Waals surface area (Å²) < 4.78 is 0. The maximum atomic E-state index is 10.7. The summed E-state index contributed by atoms with van der Waals surface area (Å²) in [5.41, 5.74) is 5.56. The molecule has 0 spiro atoms. The Kier molecular flexibility index (Phi) is 4.19. The number of aliphatic carboxylic acids is 1. The molecule has 0 bridgehead atoms. The quantitative estimate of drug-likeness (QED) is 0.535. The topological polar surface area (TPSA) is 121 Å². The molecule has 17 heavy (non-hydrogen) atoms. The van der Waals surface area contributed by atoms with Crippen LogP contribution in [0.1, 0.15) is 17.2 Å². The van der Waals surface area contributed by atoms with Gasteiger partial charge in [-0.3, -0.25) is 9.59 Å². The molecular formula is C11H13NO5. The van der Waals surface area contributed by atoms with Crippen LogP contribution in [0.3, 0.4) is 0 Å². The number of carbonyl (C=O) groups excluding carboxylic acids is 1. The first-order valence-electron chi connectivity index (χ1n) is 4.88. The molecule has 0 aliphatic heterocycles. The summed E-state index contributed by atoms with van der Waals surface area (Å²) in [6.45, 7) is 0. The number of carboxylic acid groups (broad SMARTS) is 1. The lowest BCUT2D eigenvalue weighted by molar-refractivity contribution is -0.136. The highest BCUT2D eigenvalue weighted by atomic mass is 16.4. The molecule has 2 atom stereocenters. The molecule has 1 aromatic rings. The standard InChI is InChI=1S/C11H13NO5/c12-11(17)10(16)9(15)7-3-1-2-6(4-7)5-8(13)14/h1-4,9-10,15-16H,5H2,(H2,12,17)(H,13,14). The molecule has 0 radical (unpaired) electrons. The minimum absolute atomic E-state index is 0.201. The van der Waals surface area contributed by atoms with Gasteiger partial charge in [0.15, 0.2) is 6.10 Å². The zero-order valence-electron chi connectivity index (χ0n) is 8.91. The van der Waals surface area contributed by atoms with Crippen molar-refractivity contribution in [1.82, 2.24) is 0 Å². The Bertz CT molecular complexity index is 432. The number of hydrogen-bond donors (Lipinski definition) is 4. The van der Waals surface area contributed by atoms with Gasteiger partial charge in [0, 0.05) is 0 Å². The van der Waals surface area contributed by atoms with Gasteiger partial charge >= 0.3 is 5.97 Å². The lowest BCUT2D eigenvalue weighted by Crippen LogP contribution is -2.33. The number of carbonyl (C=O) groups is 2. The lowest BCUT2D eigenvalue weighted by Gasteiger charge is -2.15. The molecule has 92 valence electrons.